The molecule has 1 aromatic carbocycles. The molecule has 0 spiro atoms. The molecule has 0 amide bonds. The summed E-state index contributed by atoms with van der Waals surface area (Å²) in [5.41, 5.74) is 9.12. The number of benzene rings is 1. The second-order valence-electron chi connectivity index (χ2n) is 5.09. The van der Waals surface area contributed by atoms with Crippen molar-refractivity contribution in [3.05, 3.63) is 29.6 Å². The molecule has 0 aliphatic rings. The van der Waals surface area contributed by atoms with Gasteiger partial charge in [-0.15, -0.1) is 0 Å². The summed E-state index contributed by atoms with van der Waals surface area (Å²) in [4.78, 5) is 8.05. The van der Waals surface area contributed by atoms with Gasteiger partial charge in [0.05, 0.1) is 11.0 Å². The Morgan fingerprint density at radius 1 is 1.33 bits per heavy atom. The Balaban J connectivity index is 2.03. The van der Waals surface area contributed by atoms with Crippen LogP contribution in [-0.4, -0.2) is 16.5 Å². The second-order valence-corrected chi connectivity index (χ2v) is 5.09. The van der Waals surface area contributed by atoms with E-state index in [1.54, 1.807) is 0 Å². The van der Waals surface area contributed by atoms with Crippen LogP contribution in [0.1, 0.15) is 37.6 Å². The highest BCUT2D eigenvalue weighted by atomic mass is 14.9. The zero-order valence-electron chi connectivity index (χ0n) is 11.4. The molecule has 0 saturated heterocycles. The van der Waals surface area contributed by atoms with Crippen molar-refractivity contribution in [2.45, 2.75) is 39.5 Å². The fourth-order valence-electron chi connectivity index (χ4n) is 2.42. The highest BCUT2D eigenvalue weighted by molar-refractivity contribution is 5.75. The Labute approximate surface area is 109 Å². The summed E-state index contributed by atoms with van der Waals surface area (Å²) in [7, 11) is 0. The molecule has 0 saturated carbocycles. The van der Waals surface area contributed by atoms with E-state index in [1.807, 2.05) is 0 Å². The minimum Gasteiger partial charge on any atom is -0.342 e. The normalized spacial score (nSPS) is 13.1. The third-order valence-corrected chi connectivity index (χ3v) is 3.63. The number of H-pyrrole nitrogens is 1. The third kappa shape index (κ3) is 3.10. The van der Waals surface area contributed by atoms with Gasteiger partial charge in [-0.2, -0.15) is 0 Å². The Kier molecular flexibility index (Phi) is 4.37. The van der Waals surface area contributed by atoms with Crippen LogP contribution in [0.5, 0.6) is 0 Å². The molecule has 2 aromatic rings. The van der Waals surface area contributed by atoms with Gasteiger partial charge in [0.25, 0.3) is 0 Å². The molecule has 98 valence electrons. The van der Waals surface area contributed by atoms with Crippen LogP contribution in [0.4, 0.5) is 0 Å². The smallest absolute Gasteiger partial charge is 0.107 e. The van der Waals surface area contributed by atoms with Crippen LogP contribution < -0.4 is 5.73 Å². The summed E-state index contributed by atoms with van der Waals surface area (Å²) in [5.74, 6) is 1.83. The fraction of sp³-hybridized carbons (Fsp3) is 0.533. The summed E-state index contributed by atoms with van der Waals surface area (Å²) >= 11 is 0. The van der Waals surface area contributed by atoms with Gasteiger partial charge in [0, 0.05) is 6.42 Å². The number of hydrogen-bond acceptors (Lipinski definition) is 2. The molecule has 2 rings (SSSR count). The van der Waals surface area contributed by atoms with Crippen LogP contribution in [0.25, 0.3) is 11.0 Å². The number of hydrogen-bond donors (Lipinski definition) is 2. The number of rotatable bonds is 6. The molecular formula is C15H23N3. The van der Waals surface area contributed by atoms with Crippen molar-refractivity contribution < 1.29 is 0 Å². The first kappa shape index (κ1) is 13.1. The predicted molar refractivity (Wildman–Crippen MR) is 76.6 cm³/mol. The van der Waals surface area contributed by atoms with Gasteiger partial charge >= 0.3 is 0 Å². The SMILES string of the molecule is CCC(CCN)CCc1nc2ccc(C)cc2[nH]1. The standard InChI is InChI=1S/C15H23N3/c1-3-12(8-9-16)5-7-15-17-13-6-4-11(2)10-14(13)18-15/h4,6,10,12H,3,5,7-9,16H2,1-2H3,(H,17,18). The fourth-order valence-corrected chi connectivity index (χ4v) is 2.42. The molecule has 1 heterocycles. The summed E-state index contributed by atoms with van der Waals surface area (Å²) < 4.78 is 0. The Bertz CT molecular complexity index is 501. The van der Waals surface area contributed by atoms with E-state index >= 15 is 0 Å². The van der Waals surface area contributed by atoms with E-state index in [0.717, 1.165) is 42.2 Å². The van der Waals surface area contributed by atoms with Gasteiger partial charge in [-0.1, -0.05) is 19.4 Å². The van der Waals surface area contributed by atoms with Crippen molar-refractivity contribution >= 4 is 11.0 Å². The highest BCUT2D eigenvalue weighted by Gasteiger charge is 2.08. The van der Waals surface area contributed by atoms with Gasteiger partial charge in [0.1, 0.15) is 5.82 Å². The van der Waals surface area contributed by atoms with Crippen molar-refractivity contribution in [3.8, 4) is 0 Å². The number of imidazole rings is 1. The lowest BCUT2D eigenvalue weighted by molar-refractivity contribution is 0.440. The molecule has 0 aliphatic carbocycles. The van der Waals surface area contributed by atoms with Crippen LogP contribution in [0.3, 0.4) is 0 Å². The lowest BCUT2D eigenvalue weighted by atomic mass is 9.96. The van der Waals surface area contributed by atoms with Crippen molar-refractivity contribution in [1.29, 1.82) is 0 Å². The molecular weight excluding hydrogens is 222 g/mol. The van der Waals surface area contributed by atoms with Gasteiger partial charge in [-0.25, -0.2) is 4.98 Å². The van der Waals surface area contributed by atoms with E-state index in [4.69, 9.17) is 5.73 Å². The third-order valence-electron chi connectivity index (χ3n) is 3.63. The van der Waals surface area contributed by atoms with Crippen LogP contribution >= 0.6 is 0 Å². The molecule has 1 atom stereocenters. The summed E-state index contributed by atoms with van der Waals surface area (Å²) in [6, 6.07) is 6.35. The molecule has 1 aromatic heterocycles. The molecule has 18 heavy (non-hydrogen) atoms. The molecule has 0 bridgehead atoms. The lowest BCUT2D eigenvalue weighted by Gasteiger charge is -2.11. The topological polar surface area (TPSA) is 54.7 Å². The van der Waals surface area contributed by atoms with E-state index in [1.165, 1.54) is 18.4 Å². The maximum absolute atomic E-state index is 5.63. The Hall–Kier alpha value is -1.35. The van der Waals surface area contributed by atoms with Crippen molar-refractivity contribution in [2.75, 3.05) is 6.54 Å². The number of nitrogens with two attached hydrogens (primary N) is 1. The van der Waals surface area contributed by atoms with E-state index in [9.17, 15) is 0 Å². The summed E-state index contributed by atoms with van der Waals surface area (Å²) in [6.07, 6.45) is 4.52. The first-order chi connectivity index (χ1) is 8.72. The van der Waals surface area contributed by atoms with E-state index in [-0.39, 0.29) is 0 Å². The van der Waals surface area contributed by atoms with Gasteiger partial charge in [0.15, 0.2) is 0 Å². The Morgan fingerprint density at radius 3 is 2.89 bits per heavy atom. The predicted octanol–water partition coefficient (Wildman–Crippen LogP) is 3.18. The molecule has 3 heteroatoms. The number of fused-ring (bicyclic) bond motifs is 1. The number of aromatic amines is 1. The first-order valence-electron chi connectivity index (χ1n) is 6.88. The van der Waals surface area contributed by atoms with Crippen LogP contribution in [0, 0.1) is 12.8 Å². The number of nitrogens with one attached hydrogen (secondary N) is 1. The van der Waals surface area contributed by atoms with Crippen LogP contribution in [0.2, 0.25) is 0 Å². The molecule has 3 nitrogen and oxygen atoms in total. The maximum Gasteiger partial charge on any atom is 0.107 e. The first-order valence-corrected chi connectivity index (χ1v) is 6.88. The average Bonchev–Trinajstić information content (AvgIpc) is 2.76. The van der Waals surface area contributed by atoms with Crippen molar-refractivity contribution in [1.82, 2.24) is 9.97 Å². The van der Waals surface area contributed by atoms with Crippen molar-refractivity contribution in [2.24, 2.45) is 11.7 Å². The maximum atomic E-state index is 5.63. The summed E-state index contributed by atoms with van der Waals surface area (Å²) in [6.45, 7) is 5.13. The quantitative estimate of drug-likeness (QED) is 0.821. The second kappa shape index (κ2) is 6.01. The zero-order valence-corrected chi connectivity index (χ0v) is 11.4. The molecule has 0 fully saturated rings. The highest BCUT2D eigenvalue weighted by Crippen LogP contribution is 2.18. The number of aromatic nitrogens is 2. The summed E-state index contributed by atoms with van der Waals surface area (Å²) in [5, 5.41) is 0. The number of aryl methyl sites for hydroxylation is 2. The zero-order chi connectivity index (χ0) is 13.0. The van der Waals surface area contributed by atoms with E-state index in [2.05, 4.69) is 42.0 Å². The van der Waals surface area contributed by atoms with Gasteiger partial charge in [-0.3, -0.25) is 0 Å². The lowest BCUT2D eigenvalue weighted by Crippen LogP contribution is -2.09. The van der Waals surface area contributed by atoms with Gasteiger partial charge in [0.2, 0.25) is 0 Å². The average molecular weight is 245 g/mol. The van der Waals surface area contributed by atoms with E-state index in [0.29, 0.717) is 0 Å². The van der Waals surface area contributed by atoms with Crippen LogP contribution in [-0.2, 0) is 6.42 Å². The minimum absolute atomic E-state index is 0.727. The molecule has 0 aliphatic heterocycles. The van der Waals surface area contributed by atoms with Crippen LogP contribution in [0.15, 0.2) is 18.2 Å². The molecule has 0 radical (unpaired) electrons. The molecule has 3 N–H and O–H groups in total. The van der Waals surface area contributed by atoms with E-state index < -0.39 is 0 Å². The molecule has 1 unspecified atom stereocenters. The monoisotopic (exact) mass is 245 g/mol. The Morgan fingerprint density at radius 2 is 2.17 bits per heavy atom. The largest absolute Gasteiger partial charge is 0.342 e. The van der Waals surface area contributed by atoms with Crippen molar-refractivity contribution in [3.63, 3.8) is 0 Å². The minimum atomic E-state index is 0.727. The van der Waals surface area contributed by atoms with Gasteiger partial charge < -0.3 is 10.7 Å². The van der Waals surface area contributed by atoms with Gasteiger partial charge in [-0.05, 0) is 49.9 Å². The number of nitrogens with zero attached hydrogens (tertiary/aromatic N) is 1.